The zero-order valence-corrected chi connectivity index (χ0v) is 18.8. The van der Waals surface area contributed by atoms with Crippen molar-refractivity contribution in [3.63, 3.8) is 0 Å². The van der Waals surface area contributed by atoms with E-state index in [1.54, 1.807) is 17.7 Å². The van der Waals surface area contributed by atoms with Crippen LogP contribution in [0.3, 0.4) is 0 Å². The quantitative estimate of drug-likeness (QED) is 0.529. The number of nitrogens with one attached hydrogen (secondary N) is 1. The van der Waals surface area contributed by atoms with Gasteiger partial charge in [-0.15, -0.1) is 5.10 Å². The summed E-state index contributed by atoms with van der Waals surface area (Å²) in [6.07, 6.45) is -3.84. The molecule has 2 aliphatic heterocycles. The maximum absolute atomic E-state index is 13.1. The van der Waals surface area contributed by atoms with Gasteiger partial charge in [-0.2, -0.15) is 23.4 Å². The maximum atomic E-state index is 13.1. The number of hydrogen-bond acceptors (Lipinski definition) is 9. The lowest BCUT2D eigenvalue weighted by Crippen LogP contribution is -2.32. The van der Waals surface area contributed by atoms with E-state index >= 15 is 0 Å². The summed E-state index contributed by atoms with van der Waals surface area (Å²) in [6.45, 7) is 2.42. The van der Waals surface area contributed by atoms with Crippen LogP contribution in [0, 0.1) is 11.3 Å². The number of fused-ring (bicyclic) bond motifs is 1. The van der Waals surface area contributed by atoms with Gasteiger partial charge in [0.15, 0.2) is 6.10 Å². The Morgan fingerprint density at radius 2 is 2.03 bits per heavy atom. The van der Waals surface area contributed by atoms with E-state index in [1.807, 2.05) is 0 Å². The normalized spacial score (nSPS) is 21.6. The van der Waals surface area contributed by atoms with Crippen LogP contribution in [0.2, 0.25) is 0 Å². The summed E-state index contributed by atoms with van der Waals surface area (Å²) in [5.74, 6) is -0.134. The Balaban J connectivity index is 1.50. The monoisotopic (exact) mass is 493 g/mol. The second-order valence-corrected chi connectivity index (χ2v) is 8.31. The molecule has 2 saturated heterocycles. The molecular weight excluding hydrogens is 471 g/mol. The SMILES string of the molecule is COC1COCC1n1c(C#N)cc2cnc(Nc3cn(C4COC4)nc3OC(C)C(F)(F)F)nc21. The number of methoxy groups -OCH3 is 1. The number of nitrogens with zero attached hydrogens (tertiary/aromatic N) is 6. The molecule has 1 N–H and O–H groups in total. The molecule has 3 unspecified atom stereocenters. The van der Waals surface area contributed by atoms with Gasteiger partial charge < -0.3 is 28.8 Å². The largest absolute Gasteiger partial charge is 0.462 e. The molecule has 5 rings (SSSR count). The molecule has 3 aromatic rings. The fourth-order valence-corrected chi connectivity index (χ4v) is 3.94. The predicted molar refractivity (Wildman–Crippen MR) is 114 cm³/mol. The first kappa shape index (κ1) is 23.3. The minimum Gasteiger partial charge on any atom is -0.462 e. The number of aromatic nitrogens is 5. The Kier molecular flexibility index (Phi) is 5.99. The highest BCUT2D eigenvalue weighted by Crippen LogP contribution is 2.34. The third-order valence-corrected chi connectivity index (χ3v) is 6.01. The van der Waals surface area contributed by atoms with Gasteiger partial charge in [-0.1, -0.05) is 0 Å². The number of hydrogen-bond donors (Lipinski definition) is 1. The Morgan fingerprint density at radius 3 is 2.69 bits per heavy atom. The topological polar surface area (TPSA) is 121 Å². The fourth-order valence-electron chi connectivity index (χ4n) is 3.94. The summed E-state index contributed by atoms with van der Waals surface area (Å²) >= 11 is 0. The van der Waals surface area contributed by atoms with Crippen LogP contribution in [0.5, 0.6) is 5.88 Å². The highest BCUT2D eigenvalue weighted by Gasteiger charge is 2.39. The zero-order chi connectivity index (χ0) is 24.7. The van der Waals surface area contributed by atoms with Crippen LogP contribution >= 0.6 is 0 Å². The lowest BCUT2D eigenvalue weighted by atomic mass is 10.2. The van der Waals surface area contributed by atoms with Gasteiger partial charge in [-0.05, 0) is 13.0 Å². The van der Waals surface area contributed by atoms with E-state index in [1.165, 1.54) is 17.1 Å². The summed E-state index contributed by atoms with van der Waals surface area (Å²) in [5.41, 5.74) is 0.997. The van der Waals surface area contributed by atoms with E-state index in [0.717, 1.165) is 6.92 Å². The van der Waals surface area contributed by atoms with Crippen LogP contribution in [0.25, 0.3) is 11.0 Å². The summed E-state index contributed by atoms with van der Waals surface area (Å²) in [7, 11) is 1.57. The number of halogens is 3. The van der Waals surface area contributed by atoms with Crippen LogP contribution in [0.15, 0.2) is 18.5 Å². The van der Waals surface area contributed by atoms with Gasteiger partial charge in [0, 0.05) is 18.7 Å². The first-order chi connectivity index (χ1) is 16.8. The lowest BCUT2D eigenvalue weighted by Gasteiger charge is -2.25. The van der Waals surface area contributed by atoms with Gasteiger partial charge in [0.05, 0.1) is 44.7 Å². The molecule has 35 heavy (non-hydrogen) atoms. The van der Waals surface area contributed by atoms with Crippen molar-refractivity contribution in [3.8, 4) is 11.9 Å². The van der Waals surface area contributed by atoms with Crippen molar-refractivity contribution in [1.29, 1.82) is 5.26 Å². The van der Waals surface area contributed by atoms with Crippen molar-refractivity contribution < 1.29 is 32.1 Å². The fraction of sp³-hybridized carbons (Fsp3) is 0.524. The molecule has 0 bridgehead atoms. The first-order valence-corrected chi connectivity index (χ1v) is 10.8. The molecule has 2 aliphatic rings. The van der Waals surface area contributed by atoms with E-state index in [-0.39, 0.29) is 35.7 Å². The molecule has 11 nitrogen and oxygen atoms in total. The Hall–Kier alpha value is -3.41. The van der Waals surface area contributed by atoms with Crippen molar-refractivity contribution in [2.75, 3.05) is 38.9 Å². The minimum atomic E-state index is -4.56. The summed E-state index contributed by atoms with van der Waals surface area (Å²) in [4.78, 5) is 8.82. The van der Waals surface area contributed by atoms with E-state index < -0.39 is 12.3 Å². The molecule has 5 heterocycles. The number of ether oxygens (including phenoxy) is 4. The summed E-state index contributed by atoms with van der Waals surface area (Å²) in [5, 5.41) is 17.4. The van der Waals surface area contributed by atoms with Crippen LogP contribution < -0.4 is 10.1 Å². The second kappa shape index (κ2) is 8.99. The highest BCUT2D eigenvalue weighted by molar-refractivity contribution is 5.79. The Bertz CT molecular complexity index is 1260. The van der Waals surface area contributed by atoms with Gasteiger partial charge in [0.1, 0.15) is 29.2 Å². The maximum Gasteiger partial charge on any atom is 0.425 e. The number of rotatable bonds is 7. The molecule has 0 saturated carbocycles. The summed E-state index contributed by atoms with van der Waals surface area (Å²) < 4.78 is 63.9. The van der Waals surface area contributed by atoms with Gasteiger partial charge in [-0.25, -0.2) is 4.98 Å². The Morgan fingerprint density at radius 1 is 1.26 bits per heavy atom. The average molecular weight is 493 g/mol. The lowest BCUT2D eigenvalue weighted by molar-refractivity contribution is -0.189. The van der Waals surface area contributed by atoms with Gasteiger partial charge in [0.25, 0.3) is 5.88 Å². The van der Waals surface area contributed by atoms with Crippen molar-refractivity contribution in [1.82, 2.24) is 24.3 Å². The number of anilines is 2. The number of alkyl halides is 3. The third-order valence-electron chi connectivity index (χ3n) is 6.01. The molecule has 14 heteroatoms. The third kappa shape index (κ3) is 4.38. The van der Waals surface area contributed by atoms with Crippen molar-refractivity contribution in [3.05, 3.63) is 24.2 Å². The van der Waals surface area contributed by atoms with Crippen LogP contribution in [-0.4, -0.2) is 76.2 Å². The van der Waals surface area contributed by atoms with Gasteiger partial charge in [-0.3, -0.25) is 4.68 Å². The molecule has 0 aromatic carbocycles. The molecule has 0 radical (unpaired) electrons. The van der Waals surface area contributed by atoms with Gasteiger partial charge in [0.2, 0.25) is 5.95 Å². The molecule has 0 spiro atoms. The van der Waals surface area contributed by atoms with Crippen molar-refractivity contribution in [2.24, 2.45) is 0 Å². The van der Waals surface area contributed by atoms with E-state index in [9.17, 15) is 18.4 Å². The average Bonchev–Trinajstić information content (AvgIpc) is 3.48. The van der Waals surface area contributed by atoms with Crippen molar-refractivity contribution in [2.45, 2.75) is 37.4 Å². The molecule has 2 fully saturated rings. The highest BCUT2D eigenvalue weighted by atomic mass is 19.4. The minimum absolute atomic E-state index is 0.100. The standard InChI is InChI=1S/C21H22F3N7O4/c1-11(21(22,23)24)35-19-15(6-30(29-19)14-7-33-8-14)27-20-26-5-12-3-13(4-25)31(18(12)28-20)16-9-34-10-17(16)32-2/h3,5-6,11,14,16-17H,7-10H2,1-2H3,(H,26,27,28). The molecule has 0 aliphatic carbocycles. The van der Waals surface area contributed by atoms with E-state index in [4.69, 9.17) is 18.9 Å². The second-order valence-electron chi connectivity index (χ2n) is 8.31. The molecule has 0 amide bonds. The number of nitriles is 1. The molecule has 3 atom stereocenters. The molecular formula is C21H22F3N7O4. The van der Waals surface area contributed by atoms with E-state index in [0.29, 0.717) is 43.2 Å². The summed E-state index contributed by atoms with van der Waals surface area (Å²) in [6, 6.07) is 3.44. The Labute approximate surface area is 197 Å². The van der Waals surface area contributed by atoms with Crippen LogP contribution in [0.1, 0.15) is 24.7 Å². The van der Waals surface area contributed by atoms with Crippen molar-refractivity contribution >= 4 is 22.7 Å². The van der Waals surface area contributed by atoms with Gasteiger partial charge >= 0.3 is 6.18 Å². The molecule has 3 aromatic heterocycles. The predicted octanol–water partition coefficient (Wildman–Crippen LogP) is 2.73. The van der Waals surface area contributed by atoms with Crippen LogP contribution in [-0.2, 0) is 14.2 Å². The smallest absolute Gasteiger partial charge is 0.425 e. The first-order valence-electron chi connectivity index (χ1n) is 10.8. The zero-order valence-electron chi connectivity index (χ0n) is 18.8. The van der Waals surface area contributed by atoms with Crippen LogP contribution in [0.4, 0.5) is 24.8 Å². The molecule has 186 valence electrons. The van der Waals surface area contributed by atoms with E-state index in [2.05, 4.69) is 26.5 Å².